The molecule has 4 nitrogen and oxygen atoms in total. The second kappa shape index (κ2) is 5.25. The van der Waals surface area contributed by atoms with Gasteiger partial charge in [-0.1, -0.05) is 29.8 Å². The molecule has 2 N–H and O–H groups in total. The average Bonchev–Trinajstić information content (AvgIpc) is 2.97. The molecule has 0 fully saturated rings. The lowest BCUT2D eigenvalue weighted by Crippen LogP contribution is -2.10. The fourth-order valence-electron chi connectivity index (χ4n) is 2.21. The molecule has 4 heteroatoms. The lowest BCUT2D eigenvalue weighted by Gasteiger charge is -2.08. The minimum absolute atomic E-state index is 0.427. The average molecular weight is 277 g/mol. The molecule has 21 heavy (non-hydrogen) atoms. The molecule has 0 aliphatic carbocycles. The third-order valence-corrected chi connectivity index (χ3v) is 3.38. The third kappa shape index (κ3) is 2.56. The fourth-order valence-corrected chi connectivity index (χ4v) is 2.21. The molecule has 0 unspecified atom stereocenters. The number of carbonyl (C=O) groups is 1. The molecule has 0 radical (unpaired) electrons. The molecule has 0 spiro atoms. The van der Waals surface area contributed by atoms with Gasteiger partial charge in [-0.2, -0.15) is 0 Å². The number of rotatable bonds is 3. The minimum Gasteiger partial charge on any atom is -0.366 e. The first-order valence-corrected chi connectivity index (χ1v) is 6.66. The van der Waals surface area contributed by atoms with Crippen molar-refractivity contribution in [1.29, 1.82) is 0 Å². The molecule has 3 rings (SSSR count). The predicted octanol–water partition coefficient (Wildman–Crippen LogP) is 2.95. The normalized spacial score (nSPS) is 10.5. The standard InChI is InChI=1S/C17H15N3O/c1-12-2-8-15(9-3-12)20-11-10-19-17(20)14-6-4-13(5-7-14)16(18)21/h2-11H,1H3,(H2,18,21). The SMILES string of the molecule is Cc1ccc(-n2ccnc2-c2ccc(C(N)=O)cc2)cc1. The van der Waals surface area contributed by atoms with Crippen LogP contribution in [-0.4, -0.2) is 15.5 Å². The van der Waals surface area contributed by atoms with Gasteiger partial charge in [0, 0.05) is 29.2 Å². The highest BCUT2D eigenvalue weighted by Crippen LogP contribution is 2.22. The molecule has 1 heterocycles. The van der Waals surface area contributed by atoms with E-state index in [1.54, 1.807) is 18.3 Å². The molecule has 1 aromatic heterocycles. The summed E-state index contributed by atoms with van der Waals surface area (Å²) in [5.74, 6) is 0.401. The Bertz CT molecular complexity index is 771. The summed E-state index contributed by atoms with van der Waals surface area (Å²) in [5.41, 5.74) is 8.95. The summed E-state index contributed by atoms with van der Waals surface area (Å²) >= 11 is 0. The zero-order chi connectivity index (χ0) is 14.8. The Labute approximate surface area is 122 Å². The summed E-state index contributed by atoms with van der Waals surface area (Å²) in [7, 11) is 0. The number of hydrogen-bond donors (Lipinski definition) is 1. The van der Waals surface area contributed by atoms with Crippen molar-refractivity contribution in [3.8, 4) is 17.1 Å². The number of carbonyl (C=O) groups excluding carboxylic acids is 1. The van der Waals surface area contributed by atoms with Crippen molar-refractivity contribution < 1.29 is 4.79 Å². The van der Waals surface area contributed by atoms with Gasteiger partial charge in [0.15, 0.2) is 0 Å². The molecule has 0 bridgehead atoms. The zero-order valence-corrected chi connectivity index (χ0v) is 11.7. The van der Waals surface area contributed by atoms with Crippen molar-refractivity contribution in [2.45, 2.75) is 6.92 Å². The summed E-state index contributed by atoms with van der Waals surface area (Å²) in [4.78, 5) is 15.5. The minimum atomic E-state index is -0.427. The van der Waals surface area contributed by atoms with Crippen LogP contribution in [0.3, 0.4) is 0 Å². The Morgan fingerprint density at radius 1 is 1.05 bits per heavy atom. The van der Waals surface area contributed by atoms with Crippen LogP contribution >= 0.6 is 0 Å². The van der Waals surface area contributed by atoms with Crippen molar-refractivity contribution >= 4 is 5.91 Å². The lowest BCUT2D eigenvalue weighted by molar-refractivity contribution is 0.100. The van der Waals surface area contributed by atoms with Crippen LogP contribution in [0.25, 0.3) is 17.1 Å². The van der Waals surface area contributed by atoms with Gasteiger partial charge >= 0.3 is 0 Å². The molecule has 0 atom stereocenters. The van der Waals surface area contributed by atoms with Gasteiger partial charge in [0.25, 0.3) is 0 Å². The van der Waals surface area contributed by atoms with Crippen LogP contribution in [0.15, 0.2) is 60.9 Å². The van der Waals surface area contributed by atoms with Gasteiger partial charge in [0.1, 0.15) is 5.82 Å². The van der Waals surface area contributed by atoms with E-state index in [1.165, 1.54) is 5.56 Å². The largest absolute Gasteiger partial charge is 0.366 e. The highest BCUT2D eigenvalue weighted by atomic mass is 16.1. The maximum absolute atomic E-state index is 11.1. The zero-order valence-electron chi connectivity index (χ0n) is 11.7. The molecule has 0 saturated carbocycles. The fraction of sp³-hybridized carbons (Fsp3) is 0.0588. The van der Waals surface area contributed by atoms with E-state index in [1.807, 2.05) is 22.9 Å². The monoisotopic (exact) mass is 277 g/mol. The highest BCUT2D eigenvalue weighted by molar-refractivity contribution is 5.93. The summed E-state index contributed by atoms with van der Waals surface area (Å²) in [5, 5.41) is 0. The first-order chi connectivity index (χ1) is 10.1. The summed E-state index contributed by atoms with van der Waals surface area (Å²) in [6, 6.07) is 15.4. The number of nitrogens with two attached hydrogens (primary N) is 1. The Morgan fingerprint density at radius 3 is 2.33 bits per heavy atom. The van der Waals surface area contributed by atoms with E-state index >= 15 is 0 Å². The van der Waals surface area contributed by atoms with Crippen LogP contribution in [0.2, 0.25) is 0 Å². The van der Waals surface area contributed by atoms with Crippen LogP contribution in [0.4, 0.5) is 0 Å². The predicted molar refractivity (Wildman–Crippen MR) is 82.3 cm³/mol. The highest BCUT2D eigenvalue weighted by Gasteiger charge is 2.08. The van der Waals surface area contributed by atoms with Crippen LogP contribution in [0, 0.1) is 6.92 Å². The van der Waals surface area contributed by atoms with Crippen LogP contribution in [0.1, 0.15) is 15.9 Å². The van der Waals surface area contributed by atoms with Gasteiger partial charge in [-0.05, 0) is 31.2 Å². The van der Waals surface area contributed by atoms with E-state index in [0.717, 1.165) is 17.1 Å². The molecule has 2 aromatic carbocycles. The molecule has 104 valence electrons. The second-order valence-corrected chi connectivity index (χ2v) is 4.90. The van der Waals surface area contributed by atoms with Crippen molar-refractivity contribution in [2.24, 2.45) is 5.73 Å². The van der Waals surface area contributed by atoms with Gasteiger partial charge in [0.2, 0.25) is 5.91 Å². The van der Waals surface area contributed by atoms with Crippen LogP contribution in [0.5, 0.6) is 0 Å². The van der Waals surface area contributed by atoms with Crippen molar-refractivity contribution in [3.63, 3.8) is 0 Å². The summed E-state index contributed by atoms with van der Waals surface area (Å²) < 4.78 is 2.01. The van der Waals surface area contributed by atoms with E-state index in [9.17, 15) is 4.79 Å². The number of primary amides is 1. The Balaban J connectivity index is 2.02. The molecular weight excluding hydrogens is 262 g/mol. The number of imidazole rings is 1. The number of nitrogens with zero attached hydrogens (tertiary/aromatic N) is 2. The van der Waals surface area contributed by atoms with E-state index in [4.69, 9.17) is 5.73 Å². The maximum atomic E-state index is 11.1. The second-order valence-electron chi connectivity index (χ2n) is 4.90. The first-order valence-electron chi connectivity index (χ1n) is 6.66. The van der Waals surface area contributed by atoms with Gasteiger partial charge in [-0.25, -0.2) is 4.98 Å². The van der Waals surface area contributed by atoms with Gasteiger partial charge < -0.3 is 5.73 Å². The molecule has 1 amide bonds. The maximum Gasteiger partial charge on any atom is 0.248 e. The van der Waals surface area contributed by atoms with Gasteiger partial charge in [0.05, 0.1) is 0 Å². The molecular formula is C17H15N3O. The van der Waals surface area contributed by atoms with E-state index in [0.29, 0.717) is 5.56 Å². The molecule has 0 aliphatic heterocycles. The van der Waals surface area contributed by atoms with Gasteiger partial charge in [-0.15, -0.1) is 0 Å². The van der Waals surface area contributed by atoms with Gasteiger partial charge in [-0.3, -0.25) is 9.36 Å². The van der Waals surface area contributed by atoms with E-state index in [2.05, 4.69) is 36.2 Å². The van der Waals surface area contributed by atoms with Crippen LogP contribution < -0.4 is 5.73 Å². The first kappa shape index (κ1) is 13.1. The van der Waals surface area contributed by atoms with Crippen molar-refractivity contribution in [2.75, 3.05) is 0 Å². The summed E-state index contributed by atoms with van der Waals surface area (Å²) in [6.07, 6.45) is 3.68. The number of benzene rings is 2. The summed E-state index contributed by atoms with van der Waals surface area (Å²) in [6.45, 7) is 2.06. The number of hydrogen-bond acceptors (Lipinski definition) is 2. The number of aromatic nitrogens is 2. The Hall–Kier alpha value is -2.88. The molecule has 0 saturated heterocycles. The van der Waals surface area contributed by atoms with Crippen LogP contribution in [-0.2, 0) is 0 Å². The lowest BCUT2D eigenvalue weighted by atomic mass is 10.1. The van der Waals surface area contributed by atoms with Crippen molar-refractivity contribution in [3.05, 3.63) is 72.1 Å². The van der Waals surface area contributed by atoms with E-state index < -0.39 is 5.91 Å². The molecule has 0 aliphatic rings. The third-order valence-electron chi connectivity index (χ3n) is 3.38. The quantitative estimate of drug-likeness (QED) is 0.800. The Morgan fingerprint density at radius 2 is 1.71 bits per heavy atom. The number of aryl methyl sites for hydroxylation is 1. The topological polar surface area (TPSA) is 60.9 Å². The Kier molecular flexibility index (Phi) is 3.28. The number of amides is 1. The van der Waals surface area contributed by atoms with Crippen molar-refractivity contribution in [1.82, 2.24) is 9.55 Å². The smallest absolute Gasteiger partial charge is 0.248 e. The van der Waals surface area contributed by atoms with E-state index in [-0.39, 0.29) is 0 Å². The molecule has 3 aromatic rings.